The quantitative estimate of drug-likeness (QED) is 0.615. The maximum Gasteiger partial charge on any atom is 0.257 e. The number of nitrogens with zero attached hydrogens (tertiary/aromatic N) is 1. The van der Waals surface area contributed by atoms with Gasteiger partial charge in [0.1, 0.15) is 5.00 Å². The number of piperidine rings is 1. The molecule has 148 valence electrons. The standard InChI is InChI=1S/C24H24N2O2S/c1-17-20(24(28)26-15-9-4-10-16-26)23(25-22(27)19-13-7-3-8-14-19)29-21(17)18-11-5-2-6-12-18/h2-3,5-8,11-14H,4,9-10,15-16H2,1H3,(H,25,27). The molecule has 0 bridgehead atoms. The fraction of sp³-hybridized carbons (Fsp3) is 0.250. The summed E-state index contributed by atoms with van der Waals surface area (Å²) in [6.45, 7) is 3.54. The third kappa shape index (κ3) is 4.10. The minimum absolute atomic E-state index is 0.0176. The molecule has 3 aromatic rings. The zero-order chi connectivity index (χ0) is 20.2. The van der Waals surface area contributed by atoms with Gasteiger partial charge in [0.05, 0.1) is 5.56 Å². The zero-order valence-electron chi connectivity index (χ0n) is 16.5. The highest BCUT2D eigenvalue weighted by Gasteiger charge is 2.27. The Morgan fingerprint density at radius 1 is 0.897 bits per heavy atom. The summed E-state index contributed by atoms with van der Waals surface area (Å²) in [5, 5.41) is 3.64. The van der Waals surface area contributed by atoms with Crippen molar-refractivity contribution in [3.8, 4) is 10.4 Å². The van der Waals surface area contributed by atoms with Gasteiger partial charge in [-0.05, 0) is 49.4 Å². The molecule has 4 nitrogen and oxygen atoms in total. The lowest BCUT2D eigenvalue weighted by Crippen LogP contribution is -2.36. The molecule has 1 N–H and O–H groups in total. The lowest BCUT2D eigenvalue weighted by atomic mass is 10.0. The minimum Gasteiger partial charge on any atom is -0.339 e. The van der Waals surface area contributed by atoms with Crippen molar-refractivity contribution in [3.63, 3.8) is 0 Å². The molecule has 2 amide bonds. The Hall–Kier alpha value is -2.92. The van der Waals surface area contributed by atoms with E-state index < -0.39 is 0 Å². The average molecular weight is 405 g/mol. The van der Waals surface area contributed by atoms with E-state index in [-0.39, 0.29) is 11.8 Å². The largest absolute Gasteiger partial charge is 0.339 e. The molecule has 0 aliphatic carbocycles. The Morgan fingerprint density at radius 2 is 1.52 bits per heavy atom. The zero-order valence-corrected chi connectivity index (χ0v) is 17.3. The molecule has 29 heavy (non-hydrogen) atoms. The maximum atomic E-state index is 13.4. The molecule has 1 aliphatic heterocycles. The molecule has 5 heteroatoms. The predicted molar refractivity (Wildman–Crippen MR) is 119 cm³/mol. The van der Waals surface area contributed by atoms with E-state index >= 15 is 0 Å². The first-order chi connectivity index (χ1) is 14.1. The van der Waals surface area contributed by atoms with Crippen LogP contribution in [-0.2, 0) is 0 Å². The van der Waals surface area contributed by atoms with Gasteiger partial charge in [0, 0.05) is 23.5 Å². The Morgan fingerprint density at radius 3 is 2.17 bits per heavy atom. The third-order valence-corrected chi connectivity index (χ3v) is 6.56. The first-order valence-electron chi connectivity index (χ1n) is 9.99. The van der Waals surface area contributed by atoms with Crippen LogP contribution in [0.15, 0.2) is 60.7 Å². The molecular formula is C24H24N2O2S. The highest BCUT2D eigenvalue weighted by atomic mass is 32.1. The van der Waals surface area contributed by atoms with Crippen LogP contribution in [0.3, 0.4) is 0 Å². The summed E-state index contributed by atoms with van der Waals surface area (Å²) in [6, 6.07) is 19.1. The molecule has 0 radical (unpaired) electrons. The maximum absolute atomic E-state index is 13.4. The first-order valence-corrected chi connectivity index (χ1v) is 10.8. The molecule has 0 atom stereocenters. The number of amides is 2. The second kappa shape index (κ2) is 8.62. The van der Waals surface area contributed by atoms with Gasteiger partial charge in [0.25, 0.3) is 11.8 Å². The van der Waals surface area contributed by atoms with Crippen molar-refractivity contribution in [1.82, 2.24) is 4.90 Å². The molecule has 0 unspecified atom stereocenters. The third-order valence-electron chi connectivity index (χ3n) is 5.30. The van der Waals surface area contributed by atoms with Crippen molar-refractivity contribution in [1.29, 1.82) is 0 Å². The van der Waals surface area contributed by atoms with E-state index in [1.165, 1.54) is 17.8 Å². The summed E-state index contributed by atoms with van der Waals surface area (Å²) in [4.78, 5) is 29.1. The highest BCUT2D eigenvalue weighted by Crippen LogP contribution is 2.41. The molecule has 4 rings (SSSR count). The van der Waals surface area contributed by atoms with Gasteiger partial charge < -0.3 is 10.2 Å². The van der Waals surface area contributed by atoms with Gasteiger partial charge in [-0.15, -0.1) is 11.3 Å². The molecule has 0 saturated carbocycles. The van der Waals surface area contributed by atoms with Gasteiger partial charge >= 0.3 is 0 Å². The normalized spacial score (nSPS) is 13.9. The summed E-state index contributed by atoms with van der Waals surface area (Å²) >= 11 is 1.48. The van der Waals surface area contributed by atoms with Crippen molar-refractivity contribution in [3.05, 3.63) is 77.4 Å². The number of carbonyl (C=O) groups excluding carboxylic acids is 2. The van der Waals surface area contributed by atoms with Gasteiger partial charge in [-0.1, -0.05) is 48.5 Å². The van der Waals surface area contributed by atoms with Gasteiger partial charge in [-0.25, -0.2) is 0 Å². The van der Waals surface area contributed by atoms with Crippen molar-refractivity contribution >= 4 is 28.2 Å². The summed E-state index contributed by atoms with van der Waals surface area (Å²) in [7, 11) is 0. The molecular weight excluding hydrogens is 380 g/mol. The highest BCUT2D eigenvalue weighted by molar-refractivity contribution is 7.20. The van der Waals surface area contributed by atoms with Crippen LogP contribution < -0.4 is 5.32 Å². The molecule has 2 heterocycles. The topological polar surface area (TPSA) is 49.4 Å². The van der Waals surface area contributed by atoms with Crippen LogP contribution in [0.4, 0.5) is 5.00 Å². The van der Waals surface area contributed by atoms with Gasteiger partial charge in [-0.2, -0.15) is 0 Å². The monoisotopic (exact) mass is 404 g/mol. The number of nitrogens with one attached hydrogen (secondary N) is 1. The van der Waals surface area contributed by atoms with E-state index in [0.717, 1.165) is 41.9 Å². The molecule has 0 spiro atoms. The van der Waals surface area contributed by atoms with Gasteiger partial charge in [0.15, 0.2) is 0 Å². The predicted octanol–water partition coefficient (Wildman–Crippen LogP) is 5.60. The first kappa shape index (κ1) is 19.4. The van der Waals surface area contributed by atoms with Gasteiger partial charge in [0.2, 0.25) is 0 Å². The van der Waals surface area contributed by atoms with Crippen LogP contribution in [0.25, 0.3) is 10.4 Å². The van der Waals surface area contributed by atoms with Crippen LogP contribution in [0, 0.1) is 6.92 Å². The van der Waals surface area contributed by atoms with Crippen LogP contribution in [0.2, 0.25) is 0 Å². The summed E-state index contributed by atoms with van der Waals surface area (Å²) in [6.07, 6.45) is 3.23. The number of hydrogen-bond acceptors (Lipinski definition) is 3. The SMILES string of the molecule is Cc1c(-c2ccccc2)sc(NC(=O)c2ccccc2)c1C(=O)N1CCCCC1. The van der Waals surface area contributed by atoms with Crippen molar-refractivity contribution in [2.75, 3.05) is 18.4 Å². The van der Waals surface area contributed by atoms with E-state index in [2.05, 4.69) is 5.32 Å². The lowest BCUT2D eigenvalue weighted by molar-refractivity contribution is 0.0725. The Balaban J connectivity index is 1.73. The number of likely N-dealkylation sites (tertiary alicyclic amines) is 1. The van der Waals surface area contributed by atoms with E-state index in [0.29, 0.717) is 16.1 Å². The van der Waals surface area contributed by atoms with Crippen molar-refractivity contribution in [2.45, 2.75) is 26.2 Å². The second-order valence-electron chi connectivity index (χ2n) is 7.30. The van der Waals surface area contributed by atoms with E-state index in [9.17, 15) is 9.59 Å². The summed E-state index contributed by atoms with van der Waals surface area (Å²) in [5.74, 6) is -0.178. The summed E-state index contributed by atoms with van der Waals surface area (Å²) in [5.41, 5.74) is 3.19. The fourth-order valence-corrected chi connectivity index (χ4v) is 4.94. The number of rotatable bonds is 4. The Bertz CT molecular complexity index is 1010. The number of benzene rings is 2. The number of hydrogen-bond donors (Lipinski definition) is 1. The number of anilines is 1. The van der Waals surface area contributed by atoms with Crippen LogP contribution in [-0.4, -0.2) is 29.8 Å². The number of carbonyl (C=O) groups is 2. The number of thiophene rings is 1. The Kier molecular flexibility index (Phi) is 5.76. The van der Waals surface area contributed by atoms with Crippen LogP contribution >= 0.6 is 11.3 Å². The average Bonchev–Trinajstić information content (AvgIpc) is 3.10. The lowest BCUT2D eigenvalue weighted by Gasteiger charge is -2.27. The Labute approximate surface area is 175 Å². The van der Waals surface area contributed by atoms with E-state index in [4.69, 9.17) is 0 Å². The second-order valence-corrected chi connectivity index (χ2v) is 8.32. The van der Waals surface area contributed by atoms with Crippen LogP contribution in [0.1, 0.15) is 45.5 Å². The van der Waals surface area contributed by atoms with E-state index in [1.54, 1.807) is 12.1 Å². The minimum atomic E-state index is -0.195. The van der Waals surface area contributed by atoms with Crippen molar-refractivity contribution < 1.29 is 9.59 Å². The van der Waals surface area contributed by atoms with E-state index in [1.807, 2.05) is 60.4 Å². The van der Waals surface area contributed by atoms with Crippen LogP contribution in [0.5, 0.6) is 0 Å². The molecule has 1 aromatic heterocycles. The molecule has 1 aliphatic rings. The van der Waals surface area contributed by atoms with Crippen molar-refractivity contribution in [2.24, 2.45) is 0 Å². The van der Waals surface area contributed by atoms with Gasteiger partial charge in [-0.3, -0.25) is 9.59 Å². The fourth-order valence-electron chi connectivity index (χ4n) is 3.74. The molecule has 1 saturated heterocycles. The summed E-state index contributed by atoms with van der Waals surface area (Å²) < 4.78 is 0. The smallest absolute Gasteiger partial charge is 0.257 e. The molecule has 2 aromatic carbocycles. The molecule has 1 fully saturated rings.